The Morgan fingerprint density at radius 2 is 1.45 bits per heavy atom. The molecule has 1 atom stereocenters. The van der Waals surface area contributed by atoms with Gasteiger partial charge in [0.15, 0.2) is 0 Å². The molecule has 22 heavy (non-hydrogen) atoms. The van der Waals surface area contributed by atoms with Gasteiger partial charge in [0.2, 0.25) is 0 Å². The highest BCUT2D eigenvalue weighted by Crippen LogP contribution is 2.21. The summed E-state index contributed by atoms with van der Waals surface area (Å²) in [5.41, 5.74) is -1.04. The molecule has 0 bridgehead atoms. The Morgan fingerprint density at radius 1 is 0.909 bits per heavy atom. The third kappa shape index (κ3) is 5.76. The number of aliphatic hydroxyl groups is 5. The summed E-state index contributed by atoms with van der Waals surface area (Å²) in [6.45, 7) is -1.41. The second kappa shape index (κ2) is 9.82. The first-order chi connectivity index (χ1) is 10.3. The molecule has 0 aliphatic rings. The average molecular weight is 318 g/mol. The van der Waals surface area contributed by atoms with Gasteiger partial charge in [-0.15, -0.1) is 0 Å². The molecule has 1 aromatic rings. The zero-order valence-electron chi connectivity index (χ0n) is 11.5. The number of carboxylic acids is 2. The maximum Gasteiger partial charge on any atom is 0.336 e. The SMILES string of the molecule is O=C(O)c1cccc(C(O)CO)c1C(=O)O.OCC(O)CO. The third-order valence-corrected chi connectivity index (χ3v) is 2.49. The van der Waals surface area contributed by atoms with E-state index in [0.717, 1.165) is 6.07 Å². The van der Waals surface area contributed by atoms with E-state index in [1.54, 1.807) is 0 Å². The lowest BCUT2D eigenvalue weighted by atomic mass is 9.97. The van der Waals surface area contributed by atoms with Crippen molar-refractivity contribution in [3.8, 4) is 0 Å². The Bertz CT molecular complexity index is 496. The van der Waals surface area contributed by atoms with Gasteiger partial charge in [0.1, 0.15) is 12.2 Å². The van der Waals surface area contributed by atoms with Crippen LogP contribution >= 0.6 is 0 Å². The van der Waals surface area contributed by atoms with E-state index in [2.05, 4.69) is 0 Å². The van der Waals surface area contributed by atoms with E-state index in [1.807, 2.05) is 0 Å². The van der Waals surface area contributed by atoms with Gasteiger partial charge in [-0.25, -0.2) is 9.59 Å². The van der Waals surface area contributed by atoms with E-state index in [1.165, 1.54) is 12.1 Å². The molecule has 1 aromatic carbocycles. The van der Waals surface area contributed by atoms with Crippen LogP contribution in [-0.2, 0) is 0 Å². The number of benzene rings is 1. The Hall–Kier alpha value is -2.04. The zero-order valence-corrected chi connectivity index (χ0v) is 11.5. The number of aromatic carboxylic acids is 2. The van der Waals surface area contributed by atoms with Gasteiger partial charge in [-0.05, 0) is 11.6 Å². The fourth-order valence-corrected chi connectivity index (χ4v) is 1.42. The number of carbonyl (C=O) groups is 2. The molecule has 0 saturated carbocycles. The highest BCUT2D eigenvalue weighted by atomic mass is 16.4. The van der Waals surface area contributed by atoms with Crippen LogP contribution in [-0.4, -0.2) is 73.6 Å². The molecule has 0 aliphatic carbocycles. The molecular formula is C13H18O9. The summed E-state index contributed by atoms with van der Waals surface area (Å²) in [4.78, 5) is 21.7. The fraction of sp³-hybridized carbons (Fsp3) is 0.385. The zero-order chi connectivity index (χ0) is 17.3. The van der Waals surface area contributed by atoms with Gasteiger partial charge >= 0.3 is 11.9 Å². The first-order valence-corrected chi connectivity index (χ1v) is 6.08. The number of carboxylic acid groups (broad SMARTS) is 2. The van der Waals surface area contributed by atoms with Crippen LogP contribution in [0.5, 0.6) is 0 Å². The number of aliphatic hydroxyl groups excluding tert-OH is 5. The molecule has 0 heterocycles. The largest absolute Gasteiger partial charge is 0.478 e. The van der Waals surface area contributed by atoms with E-state index < -0.39 is 41.9 Å². The lowest BCUT2D eigenvalue weighted by molar-refractivity contribution is 0.0450. The van der Waals surface area contributed by atoms with Crippen LogP contribution in [0.2, 0.25) is 0 Å². The Balaban J connectivity index is 0.000000626. The second-order valence-electron chi connectivity index (χ2n) is 4.10. The minimum absolute atomic E-state index is 0.116. The van der Waals surface area contributed by atoms with Crippen LogP contribution in [0.1, 0.15) is 32.4 Å². The Morgan fingerprint density at radius 3 is 1.77 bits per heavy atom. The maximum absolute atomic E-state index is 10.9. The molecular weight excluding hydrogens is 300 g/mol. The standard InChI is InChI=1S/C10H10O6.C3H8O3/c11-4-7(12)5-2-1-3-6(9(13)14)8(5)10(15)16;4-1-3(6)2-5/h1-3,7,11-12H,4H2,(H,13,14)(H,15,16);3-6H,1-2H2. The van der Waals surface area contributed by atoms with Crippen LogP contribution in [0.3, 0.4) is 0 Å². The molecule has 0 radical (unpaired) electrons. The molecule has 0 aliphatic heterocycles. The summed E-state index contributed by atoms with van der Waals surface area (Å²) in [6.07, 6.45) is -2.37. The normalized spacial score (nSPS) is 11.5. The highest BCUT2D eigenvalue weighted by Gasteiger charge is 2.23. The molecule has 0 spiro atoms. The molecule has 124 valence electrons. The molecule has 9 nitrogen and oxygen atoms in total. The van der Waals surface area contributed by atoms with Crippen LogP contribution < -0.4 is 0 Å². The van der Waals surface area contributed by atoms with Crippen molar-refractivity contribution in [3.63, 3.8) is 0 Å². The van der Waals surface area contributed by atoms with Gasteiger partial charge in [-0.3, -0.25) is 0 Å². The molecule has 1 rings (SSSR count). The van der Waals surface area contributed by atoms with E-state index in [9.17, 15) is 14.7 Å². The fourth-order valence-electron chi connectivity index (χ4n) is 1.42. The van der Waals surface area contributed by atoms with Crippen molar-refractivity contribution < 1.29 is 45.3 Å². The second-order valence-corrected chi connectivity index (χ2v) is 4.10. The summed E-state index contributed by atoms with van der Waals surface area (Å²) < 4.78 is 0. The minimum Gasteiger partial charge on any atom is -0.478 e. The predicted octanol–water partition coefficient (Wildman–Crippen LogP) is -1.56. The number of hydrogen-bond donors (Lipinski definition) is 7. The lowest BCUT2D eigenvalue weighted by Crippen LogP contribution is -2.15. The summed E-state index contributed by atoms with van der Waals surface area (Å²) in [7, 11) is 0. The van der Waals surface area contributed by atoms with Gasteiger partial charge in [0, 0.05) is 0 Å². The molecule has 0 saturated heterocycles. The van der Waals surface area contributed by atoms with E-state index in [4.69, 9.17) is 30.6 Å². The van der Waals surface area contributed by atoms with Gasteiger partial charge < -0.3 is 35.7 Å². The van der Waals surface area contributed by atoms with Crippen molar-refractivity contribution in [2.45, 2.75) is 12.2 Å². The number of rotatable bonds is 6. The quantitative estimate of drug-likeness (QED) is 0.327. The Kier molecular flexibility index (Phi) is 8.91. The van der Waals surface area contributed by atoms with Crippen LogP contribution in [0.4, 0.5) is 0 Å². The van der Waals surface area contributed by atoms with E-state index in [-0.39, 0.29) is 18.8 Å². The van der Waals surface area contributed by atoms with Crippen LogP contribution in [0, 0.1) is 0 Å². The average Bonchev–Trinajstić information content (AvgIpc) is 2.52. The van der Waals surface area contributed by atoms with Gasteiger partial charge in [-0.2, -0.15) is 0 Å². The third-order valence-electron chi connectivity index (χ3n) is 2.49. The van der Waals surface area contributed by atoms with E-state index in [0.29, 0.717) is 0 Å². The maximum atomic E-state index is 10.9. The molecule has 0 aromatic heterocycles. The van der Waals surface area contributed by atoms with Crippen molar-refractivity contribution >= 4 is 11.9 Å². The highest BCUT2D eigenvalue weighted by molar-refractivity contribution is 6.02. The summed E-state index contributed by atoms with van der Waals surface area (Å²) in [6, 6.07) is 3.69. The van der Waals surface area contributed by atoms with Gasteiger partial charge in [-0.1, -0.05) is 12.1 Å². The van der Waals surface area contributed by atoms with Crippen molar-refractivity contribution in [1.82, 2.24) is 0 Å². The van der Waals surface area contributed by atoms with Gasteiger partial charge in [0.25, 0.3) is 0 Å². The predicted molar refractivity (Wildman–Crippen MR) is 72.6 cm³/mol. The molecule has 7 N–H and O–H groups in total. The monoisotopic (exact) mass is 318 g/mol. The first kappa shape index (κ1) is 20.0. The van der Waals surface area contributed by atoms with Crippen molar-refractivity contribution in [3.05, 3.63) is 34.9 Å². The van der Waals surface area contributed by atoms with Crippen molar-refractivity contribution in [2.75, 3.05) is 19.8 Å². The van der Waals surface area contributed by atoms with Crippen molar-refractivity contribution in [1.29, 1.82) is 0 Å². The number of hydrogen-bond acceptors (Lipinski definition) is 7. The summed E-state index contributed by atoms with van der Waals surface area (Å²) >= 11 is 0. The molecule has 0 amide bonds. The van der Waals surface area contributed by atoms with Crippen LogP contribution in [0.15, 0.2) is 18.2 Å². The Labute approximate surface area is 125 Å². The molecule has 9 heteroatoms. The molecule has 1 unspecified atom stereocenters. The summed E-state index contributed by atoms with van der Waals surface area (Å²) in [5, 5.41) is 59.8. The smallest absolute Gasteiger partial charge is 0.336 e. The first-order valence-electron chi connectivity index (χ1n) is 6.08. The lowest BCUT2D eigenvalue weighted by Gasteiger charge is -2.12. The topological polar surface area (TPSA) is 176 Å². The van der Waals surface area contributed by atoms with E-state index >= 15 is 0 Å². The minimum atomic E-state index is -1.46. The summed E-state index contributed by atoms with van der Waals surface area (Å²) in [5.74, 6) is -2.86. The molecule has 0 fully saturated rings. The van der Waals surface area contributed by atoms with Gasteiger partial charge in [0.05, 0.1) is 30.9 Å². The van der Waals surface area contributed by atoms with Crippen LogP contribution in [0.25, 0.3) is 0 Å². The van der Waals surface area contributed by atoms with Crippen molar-refractivity contribution in [2.24, 2.45) is 0 Å².